The largest absolute Gasteiger partial charge is 0.501 e. The summed E-state index contributed by atoms with van der Waals surface area (Å²) in [5, 5.41) is 1.59. The highest BCUT2D eigenvalue weighted by Crippen LogP contribution is 2.32. The van der Waals surface area contributed by atoms with Gasteiger partial charge in [-0.25, -0.2) is 26.5 Å². The number of benzene rings is 1. The molecule has 0 spiro atoms. The summed E-state index contributed by atoms with van der Waals surface area (Å²) in [7, 11) is -9.50. The third-order valence-electron chi connectivity index (χ3n) is 5.02. The number of carbonyl (C=O) groups excluding carboxylic acids is 2. The van der Waals surface area contributed by atoms with Crippen molar-refractivity contribution in [3.8, 4) is 0 Å². The van der Waals surface area contributed by atoms with E-state index in [0.717, 1.165) is 28.4 Å². The second-order valence-corrected chi connectivity index (χ2v) is 12.2. The Bertz CT molecular complexity index is 1520. The standard InChI is InChI=1S/C20H15F3N4O6S3/c21-20(22,23)35(30,31)15-5-3-14(4-6-15)27-17(28)12-26(19(27)29)11-13-7-8-24-10-16(13)25-36(32,33)18-2-1-9-34-18/h1-10,25H,11-12H2. The monoisotopic (exact) mass is 560 g/mol. The number of nitrogens with one attached hydrogen (secondary N) is 1. The molecule has 1 aromatic carbocycles. The van der Waals surface area contributed by atoms with Crippen LogP contribution in [0.3, 0.4) is 0 Å². The molecule has 3 aromatic rings. The summed E-state index contributed by atoms with van der Waals surface area (Å²) in [6, 6.07) is 6.77. The van der Waals surface area contributed by atoms with E-state index >= 15 is 0 Å². The Balaban J connectivity index is 1.55. The van der Waals surface area contributed by atoms with Crippen molar-refractivity contribution in [2.24, 2.45) is 0 Å². The lowest BCUT2D eigenvalue weighted by Crippen LogP contribution is -2.33. The first kappa shape index (κ1) is 25.6. The minimum atomic E-state index is -5.59. The molecule has 3 heterocycles. The molecule has 0 atom stereocenters. The number of sulfonamides is 1. The quantitative estimate of drug-likeness (QED) is 0.439. The van der Waals surface area contributed by atoms with Crippen LogP contribution in [-0.4, -0.2) is 50.7 Å². The van der Waals surface area contributed by atoms with E-state index in [4.69, 9.17) is 0 Å². The van der Waals surface area contributed by atoms with Gasteiger partial charge in [0.25, 0.3) is 25.8 Å². The zero-order chi connectivity index (χ0) is 26.3. The van der Waals surface area contributed by atoms with Crippen molar-refractivity contribution in [3.63, 3.8) is 0 Å². The van der Waals surface area contributed by atoms with E-state index in [1.807, 2.05) is 0 Å². The molecule has 1 fully saturated rings. The zero-order valence-electron chi connectivity index (χ0n) is 17.8. The number of hydrogen-bond acceptors (Lipinski definition) is 8. The van der Waals surface area contributed by atoms with Gasteiger partial charge in [-0.1, -0.05) is 6.07 Å². The average molecular weight is 561 g/mol. The number of sulfone groups is 1. The van der Waals surface area contributed by atoms with E-state index in [-0.39, 0.29) is 22.1 Å². The minimum absolute atomic E-state index is 0.0619. The molecule has 2 aromatic heterocycles. The van der Waals surface area contributed by atoms with Crippen LogP contribution in [0.2, 0.25) is 0 Å². The minimum Gasteiger partial charge on any atom is -0.310 e. The van der Waals surface area contributed by atoms with Gasteiger partial charge in [0.05, 0.1) is 29.0 Å². The number of amides is 3. The summed E-state index contributed by atoms with van der Waals surface area (Å²) in [6.07, 6.45) is 2.62. The first-order chi connectivity index (χ1) is 16.8. The van der Waals surface area contributed by atoms with E-state index < -0.39 is 48.7 Å². The van der Waals surface area contributed by atoms with Crippen LogP contribution in [-0.2, 0) is 31.2 Å². The van der Waals surface area contributed by atoms with Crippen molar-refractivity contribution in [2.45, 2.75) is 21.2 Å². The van der Waals surface area contributed by atoms with Gasteiger partial charge < -0.3 is 4.90 Å². The number of hydrogen-bond donors (Lipinski definition) is 1. The van der Waals surface area contributed by atoms with Crippen LogP contribution in [0.4, 0.5) is 29.3 Å². The Morgan fingerprint density at radius 3 is 2.33 bits per heavy atom. The molecule has 10 nitrogen and oxygen atoms in total. The highest BCUT2D eigenvalue weighted by molar-refractivity contribution is 7.94. The molecular formula is C20H15F3N4O6S3. The Kier molecular flexibility index (Phi) is 6.52. The molecule has 1 saturated heterocycles. The number of pyridine rings is 1. The lowest BCUT2D eigenvalue weighted by Gasteiger charge is -2.19. The molecule has 36 heavy (non-hydrogen) atoms. The fraction of sp³-hybridized carbons (Fsp3) is 0.150. The Labute approximate surface area is 206 Å². The highest BCUT2D eigenvalue weighted by atomic mass is 32.2. The molecule has 0 aliphatic carbocycles. The van der Waals surface area contributed by atoms with Crippen molar-refractivity contribution in [3.05, 3.63) is 65.8 Å². The van der Waals surface area contributed by atoms with Crippen LogP contribution in [0.5, 0.6) is 0 Å². The number of alkyl halides is 3. The second kappa shape index (κ2) is 9.18. The maximum Gasteiger partial charge on any atom is 0.501 e. The van der Waals surface area contributed by atoms with Crippen molar-refractivity contribution < 1.29 is 39.6 Å². The number of anilines is 2. The van der Waals surface area contributed by atoms with Crippen LogP contribution in [0, 0.1) is 0 Å². The molecule has 16 heteroatoms. The number of aromatic nitrogens is 1. The zero-order valence-corrected chi connectivity index (χ0v) is 20.3. The van der Waals surface area contributed by atoms with Gasteiger partial charge >= 0.3 is 11.5 Å². The van der Waals surface area contributed by atoms with Crippen molar-refractivity contribution in [1.29, 1.82) is 0 Å². The molecule has 4 rings (SSSR count). The molecule has 190 valence electrons. The average Bonchev–Trinajstić information content (AvgIpc) is 3.44. The van der Waals surface area contributed by atoms with Crippen molar-refractivity contribution in [1.82, 2.24) is 9.88 Å². The van der Waals surface area contributed by atoms with Gasteiger partial charge in [0.1, 0.15) is 10.8 Å². The molecule has 1 N–H and O–H groups in total. The number of thiophene rings is 1. The third-order valence-corrected chi connectivity index (χ3v) is 9.29. The molecule has 1 aliphatic heterocycles. The number of carbonyl (C=O) groups is 2. The van der Waals surface area contributed by atoms with Crippen LogP contribution >= 0.6 is 11.3 Å². The van der Waals surface area contributed by atoms with Gasteiger partial charge in [0.15, 0.2) is 0 Å². The Hall–Kier alpha value is -3.50. The summed E-state index contributed by atoms with van der Waals surface area (Å²) in [4.78, 5) is 30.1. The second-order valence-electron chi connectivity index (χ2n) is 7.38. The predicted molar refractivity (Wildman–Crippen MR) is 122 cm³/mol. The summed E-state index contributed by atoms with van der Waals surface area (Å²) >= 11 is 1.00. The summed E-state index contributed by atoms with van der Waals surface area (Å²) in [5.74, 6) is -0.707. The summed E-state index contributed by atoms with van der Waals surface area (Å²) < 4.78 is 89.0. The number of rotatable bonds is 7. The normalized spacial score (nSPS) is 15.0. The van der Waals surface area contributed by atoms with Crippen molar-refractivity contribution in [2.75, 3.05) is 16.2 Å². The smallest absolute Gasteiger partial charge is 0.310 e. The van der Waals surface area contributed by atoms with E-state index in [9.17, 15) is 39.6 Å². The first-order valence-electron chi connectivity index (χ1n) is 9.84. The Morgan fingerprint density at radius 2 is 1.72 bits per heavy atom. The molecular weight excluding hydrogens is 545 g/mol. The Morgan fingerprint density at radius 1 is 1.03 bits per heavy atom. The maximum atomic E-state index is 12.9. The van der Waals surface area contributed by atoms with Gasteiger partial charge in [-0.2, -0.15) is 13.2 Å². The van der Waals surface area contributed by atoms with Crippen LogP contribution < -0.4 is 9.62 Å². The lowest BCUT2D eigenvalue weighted by atomic mass is 10.2. The predicted octanol–water partition coefficient (Wildman–Crippen LogP) is 3.21. The van der Waals surface area contributed by atoms with Crippen LogP contribution in [0.1, 0.15) is 5.56 Å². The van der Waals surface area contributed by atoms with E-state index in [0.29, 0.717) is 22.6 Å². The maximum absolute atomic E-state index is 12.9. The fourth-order valence-electron chi connectivity index (χ4n) is 3.31. The number of nitrogens with zero attached hydrogens (tertiary/aromatic N) is 3. The van der Waals surface area contributed by atoms with E-state index in [1.165, 1.54) is 24.5 Å². The van der Waals surface area contributed by atoms with Crippen molar-refractivity contribution >= 4 is 54.5 Å². The van der Waals surface area contributed by atoms with Gasteiger partial charge in [-0.05, 0) is 47.3 Å². The summed E-state index contributed by atoms with van der Waals surface area (Å²) in [5.41, 5.74) is -5.20. The van der Waals surface area contributed by atoms with Gasteiger partial charge in [0.2, 0.25) is 0 Å². The molecule has 0 radical (unpaired) electrons. The van der Waals surface area contributed by atoms with E-state index in [2.05, 4.69) is 9.71 Å². The van der Waals surface area contributed by atoms with Gasteiger partial charge in [-0.3, -0.25) is 14.5 Å². The third kappa shape index (κ3) is 4.78. The number of imide groups is 1. The van der Waals surface area contributed by atoms with Crippen LogP contribution in [0.15, 0.2) is 69.3 Å². The lowest BCUT2D eigenvalue weighted by molar-refractivity contribution is -0.116. The molecule has 3 amide bonds. The van der Waals surface area contributed by atoms with Gasteiger partial charge in [0, 0.05) is 6.20 Å². The fourth-order valence-corrected chi connectivity index (χ4v) is 6.15. The van der Waals surface area contributed by atoms with Crippen LogP contribution in [0.25, 0.3) is 0 Å². The molecule has 1 aliphatic rings. The molecule has 0 saturated carbocycles. The molecule has 0 bridgehead atoms. The topological polar surface area (TPSA) is 134 Å². The molecule has 0 unspecified atom stereocenters. The first-order valence-corrected chi connectivity index (χ1v) is 13.7. The highest BCUT2D eigenvalue weighted by Gasteiger charge is 2.47. The number of halogens is 3. The van der Waals surface area contributed by atoms with E-state index in [1.54, 1.807) is 11.4 Å². The summed E-state index contributed by atoms with van der Waals surface area (Å²) in [6.45, 7) is -0.590. The van der Waals surface area contributed by atoms with Gasteiger partial charge in [-0.15, -0.1) is 11.3 Å². The SMILES string of the molecule is O=C1CN(Cc2ccncc2NS(=O)(=O)c2cccs2)C(=O)N1c1ccc(S(=O)(=O)C(F)(F)F)cc1. The number of urea groups is 1.